The smallest absolute Gasteiger partial charge is 0.0383 e. The van der Waals surface area contributed by atoms with Crippen molar-refractivity contribution in [3.8, 4) is 0 Å². The van der Waals surface area contributed by atoms with E-state index < -0.39 is 0 Å². The number of nitrogens with two attached hydrogens (primary N) is 1. The van der Waals surface area contributed by atoms with Gasteiger partial charge < -0.3 is 10.6 Å². The second-order valence-electron chi connectivity index (χ2n) is 5.62. The van der Waals surface area contributed by atoms with E-state index in [0.29, 0.717) is 6.54 Å². The van der Waals surface area contributed by atoms with Crippen molar-refractivity contribution in [2.24, 2.45) is 11.7 Å². The lowest BCUT2D eigenvalue weighted by molar-refractivity contribution is 0.362. The predicted octanol–water partition coefficient (Wildman–Crippen LogP) is 3.68. The van der Waals surface area contributed by atoms with Gasteiger partial charge in [0.2, 0.25) is 0 Å². The number of piperidine rings is 1. The van der Waals surface area contributed by atoms with E-state index in [9.17, 15) is 0 Å². The van der Waals surface area contributed by atoms with Gasteiger partial charge >= 0.3 is 0 Å². The Labute approximate surface area is 118 Å². The van der Waals surface area contributed by atoms with Crippen LogP contribution in [0.4, 0.5) is 5.69 Å². The van der Waals surface area contributed by atoms with E-state index in [1.54, 1.807) is 0 Å². The maximum atomic E-state index is 5.78. The van der Waals surface area contributed by atoms with Gasteiger partial charge in [0.15, 0.2) is 0 Å². The van der Waals surface area contributed by atoms with E-state index in [2.05, 4.69) is 39.0 Å². The van der Waals surface area contributed by atoms with Crippen LogP contribution in [-0.4, -0.2) is 12.6 Å². The quantitative estimate of drug-likeness (QED) is 0.903. The van der Waals surface area contributed by atoms with Crippen LogP contribution in [-0.2, 0) is 6.54 Å². The molecule has 3 rings (SSSR count). The average molecular weight is 309 g/mol. The number of fused-ring (bicyclic) bond motifs is 1. The average Bonchev–Trinajstić information content (AvgIpc) is 2.85. The zero-order chi connectivity index (χ0) is 12.5. The van der Waals surface area contributed by atoms with E-state index in [4.69, 9.17) is 5.73 Å². The molecule has 0 aromatic heterocycles. The van der Waals surface area contributed by atoms with Crippen molar-refractivity contribution >= 4 is 21.6 Å². The van der Waals surface area contributed by atoms with Crippen LogP contribution in [0, 0.1) is 5.92 Å². The van der Waals surface area contributed by atoms with Gasteiger partial charge in [0.25, 0.3) is 0 Å². The third-order valence-electron chi connectivity index (χ3n) is 4.50. The molecule has 2 unspecified atom stereocenters. The third-order valence-corrected chi connectivity index (χ3v) is 4.96. The highest BCUT2D eigenvalue weighted by molar-refractivity contribution is 9.10. The fraction of sp³-hybridized carbons (Fsp3) is 0.600. The molecule has 1 aliphatic heterocycles. The Hall–Kier alpha value is -0.540. The first-order chi connectivity index (χ1) is 8.78. The molecule has 2 fully saturated rings. The minimum atomic E-state index is 0.619. The van der Waals surface area contributed by atoms with E-state index in [1.807, 2.05) is 0 Å². The van der Waals surface area contributed by atoms with Gasteiger partial charge in [0, 0.05) is 29.3 Å². The van der Waals surface area contributed by atoms with Crippen molar-refractivity contribution in [1.29, 1.82) is 0 Å². The fourth-order valence-electron chi connectivity index (χ4n) is 3.69. The monoisotopic (exact) mass is 308 g/mol. The zero-order valence-electron chi connectivity index (χ0n) is 10.7. The Balaban J connectivity index is 1.90. The Morgan fingerprint density at radius 2 is 2.00 bits per heavy atom. The number of hydrogen-bond donors (Lipinski definition) is 1. The normalized spacial score (nSPS) is 27.3. The lowest BCUT2D eigenvalue weighted by Crippen LogP contribution is -2.42. The second-order valence-corrected chi connectivity index (χ2v) is 6.53. The van der Waals surface area contributed by atoms with Gasteiger partial charge in [-0.2, -0.15) is 0 Å². The largest absolute Gasteiger partial charge is 0.368 e. The van der Waals surface area contributed by atoms with E-state index in [0.717, 1.165) is 16.4 Å². The summed E-state index contributed by atoms with van der Waals surface area (Å²) in [6.45, 7) is 1.83. The maximum absolute atomic E-state index is 5.78. The Morgan fingerprint density at radius 3 is 2.83 bits per heavy atom. The van der Waals surface area contributed by atoms with Gasteiger partial charge in [-0.3, -0.25) is 0 Å². The molecule has 2 nitrogen and oxygen atoms in total. The van der Waals surface area contributed by atoms with Gasteiger partial charge in [-0.15, -0.1) is 0 Å². The second kappa shape index (κ2) is 5.22. The summed E-state index contributed by atoms with van der Waals surface area (Å²) in [7, 11) is 0. The van der Waals surface area contributed by atoms with Crippen molar-refractivity contribution in [1.82, 2.24) is 0 Å². The molecule has 2 N–H and O–H groups in total. The van der Waals surface area contributed by atoms with Gasteiger partial charge in [-0.05, 0) is 55.4 Å². The summed E-state index contributed by atoms with van der Waals surface area (Å²) in [6.07, 6.45) is 6.97. The summed E-state index contributed by atoms with van der Waals surface area (Å²) in [5.41, 5.74) is 8.37. The summed E-state index contributed by atoms with van der Waals surface area (Å²) < 4.78 is 1.15. The predicted molar refractivity (Wildman–Crippen MR) is 79.7 cm³/mol. The Morgan fingerprint density at radius 1 is 1.17 bits per heavy atom. The minimum Gasteiger partial charge on any atom is -0.368 e. The van der Waals surface area contributed by atoms with E-state index in [1.165, 1.54) is 49.9 Å². The number of hydrogen-bond acceptors (Lipinski definition) is 2. The van der Waals surface area contributed by atoms with Crippen molar-refractivity contribution in [2.75, 3.05) is 11.4 Å². The van der Waals surface area contributed by atoms with Crippen LogP contribution in [0.1, 0.15) is 37.7 Å². The number of halogens is 1. The zero-order valence-corrected chi connectivity index (χ0v) is 12.3. The Kier molecular flexibility index (Phi) is 3.62. The van der Waals surface area contributed by atoms with Gasteiger partial charge in [0.05, 0.1) is 0 Å². The minimum absolute atomic E-state index is 0.619. The molecule has 1 aliphatic carbocycles. The fourth-order valence-corrected chi connectivity index (χ4v) is 4.22. The lowest BCUT2D eigenvalue weighted by Gasteiger charge is -2.39. The van der Waals surface area contributed by atoms with Crippen LogP contribution < -0.4 is 10.6 Å². The van der Waals surface area contributed by atoms with Crippen LogP contribution >= 0.6 is 15.9 Å². The number of anilines is 1. The van der Waals surface area contributed by atoms with Crippen LogP contribution in [0.5, 0.6) is 0 Å². The topological polar surface area (TPSA) is 29.3 Å². The summed E-state index contributed by atoms with van der Waals surface area (Å²) in [6, 6.07) is 7.42. The molecule has 0 radical (unpaired) electrons. The van der Waals surface area contributed by atoms with Gasteiger partial charge in [0.1, 0.15) is 0 Å². The molecule has 3 heteroatoms. The molecule has 1 aromatic rings. The number of rotatable bonds is 2. The molecule has 98 valence electrons. The molecule has 18 heavy (non-hydrogen) atoms. The highest BCUT2D eigenvalue weighted by atomic mass is 79.9. The van der Waals surface area contributed by atoms with Crippen molar-refractivity contribution in [3.63, 3.8) is 0 Å². The summed E-state index contributed by atoms with van der Waals surface area (Å²) in [5, 5.41) is 0. The summed E-state index contributed by atoms with van der Waals surface area (Å²) >= 11 is 3.61. The molecule has 0 spiro atoms. The van der Waals surface area contributed by atoms with Crippen molar-refractivity contribution < 1.29 is 0 Å². The number of benzene rings is 1. The molecular formula is C15H21BrN2. The SMILES string of the molecule is NCc1cc(Br)cc(N2CCCC3CCCC32)c1. The Bertz CT molecular complexity index is 433. The van der Waals surface area contributed by atoms with E-state index in [-0.39, 0.29) is 0 Å². The van der Waals surface area contributed by atoms with Crippen molar-refractivity contribution in [3.05, 3.63) is 28.2 Å². The summed E-state index contributed by atoms with van der Waals surface area (Å²) in [5.74, 6) is 0.930. The van der Waals surface area contributed by atoms with Crippen LogP contribution in [0.25, 0.3) is 0 Å². The first kappa shape index (κ1) is 12.5. The third kappa shape index (κ3) is 2.30. The number of nitrogens with zero attached hydrogens (tertiary/aromatic N) is 1. The van der Waals surface area contributed by atoms with E-state index >= 15 is 0 Å². The standard InChI is InChI=1S/C15H21BrN2/c16-13-7-11(10-17)8-14(9-13)18-6-2-4-12-3-1-5-15(12)18/h7-9,12,15H,1-6,10,17H2. The molecular weight excluding hydrogens is 288 g/mol. The molecule has 0 bridgehead atoms. The maximum Gasteiger partial charge on any atom is 0.0383 e. The lowest BCUT2D eigenvalue weighted by atomic mass is 9.91. The molecule has 1 saturated carbocycles. The summed E-state index contributed by atoms with van der Waals surface area (Å²) in [4.78, 5) is 2.63. The van der Waals surface area contributed by atoms with Crippen molar-refractivity contribution in [2.45, 2.75) is 44.7 Å². The molecule has 1 heterocycles. The molecule has 2 aliphatic rings. The van der Waals surface area contributed by atoms with Crippen LogP contribution in [0.15, 0.2) is 22.7 Å². The molecule has 2 atom stereocenters. The highest BCUT2D eigenvalue weighted by Gasteiger charge is 2.35. The first-order valence-electron chi connectivity index (χ1n) is 7.04. The first-order valence-corrected chi connectivity index (χ1v) is 7.83. The molecule has 0 amide bonds. The van der Waals surface area contributed by atoms with Crippen LogP contribution in [0.3, 0.4) is 0 Å². The molecule has 1 aromatic carbocycles. The van der Waals surface area contributed by atoms with Gasteiger partial charge in [-0.25, -0.2) is 0 Å². The van der Waals surface area contributed by atoms with Crippen LogP contribution in [0.2, 0.25) is 0 Å². The molecule has 1 saturated heterocycles. The van der Waals surface area contributed by atoms with Gasteiger partial charge in [-0.1, -0.05) is 22.4 Å². The highest BCUT2D eigenvalue weighted by Crippen LogP contribution is 2.39.